The van der Waals surface area contributed by atoms with Gasteiger partial charge in [-0.05, 0) is 34.2 Å². The Kier molecular flexibility index (Phi) is 4.69. The van der Waals surface area contributed by atoms with Gasteiger partial charge in [0.05, 0.1) is 6.61 Å². The van der Waals surface area contributed by atoms with Gasteiger partial charge in [0.15, 0.2) is 0 Å². The number of rotatable bonds is 4. The largest absolute Gasteiger partial charge is 0.382 e. The lowest BCUT2D eigenvalue weighted by Gasteiger charge is -2.15. The van der Waals surface area contributed by atoms with Crippen LogP contribution in [0.4, 0.5) is 0 Å². The molecule has 1 atom stereocenters. The summed E-state index contributed by atoms with van der Waals surface area (Å²) in [4.78, 5) is 0. The Bertz CT molecular complexity index is 263. The number of hydrogen-bond acceptors (Lipinski definition) is 2. The zero-order chi connectivity index (χ0) is 9.68. The van der Waals surface area contributed by atoms with Gasteiger partial charge in [-0.2, -0.15) is 0 Å². The number of benzene rings is 1. The molecule has 1 aromatic carbocycles. The quantitative estimate of drug-likeness (QED) is 0.794. The minimum Gasteiger partial charge on any atom is -0.382 e. The highest BCUT2D eigenvalue weighted by molar-refractivity contribution is 14.1. The molecule has 0 aliphatic carbocycles. The normalized spacial score (nSPS) is 12.8. The second kappa shape index (κ2) is 5.57. The van der Waals surface area contributed by atoms with E-state index >= 15 is 0 Å². The van der Waals surface area contributed by atoms with Crippen molar-refractivity contribution < 1.29 is 9.47 Å². The van der Waals surface area contributed by atoms with E-state index in [0.717, 1.165) is 0 Å². The first-order chi connectivity index (χ1) is 6.29. The minimum absolute atomic E-state index is 0.0399. The lowest BCUT2D eigenvalue weighted by atomic mass is 10.1. The molecular formula is C10H13IO2. The van der Waals surface area contributed by atoms with Gasteiger partial charge in [0, 0.05) is 17.8 Å². The molecule has 1 aromatic rings. The first-order valence-corrected chi connectivity index (χ1v) is 5.13. The molecule has 0 bridgehead atoms. The monoisotopic (exact) mass is 292 g/mol. The fourth-order valence-corrected chi connectivity index (χ4v) is 1.91. The SMILES string of the molecule is COC[C@H](OC)c1ccccc1I. The van der Waals surface area contributed by atoms with Gasteiger partial charge in [0.25, 0.3) is 0 Å². The van der Waals surface area contributed by atoms with Crippen molar-refractivity contribution >= 4 is 22.6 Å². The maximum absolute atomic E-state index is 5.33. The van der Waals surface area contributed by atoms with Gasteiger partial charge < -0.3 is 9.47 Å². The summed E-state index contributed by atoms with van der Waals surface area (Å²) < 4.78 is 11.6. The summed E-state index contributed by atoms with van der Waals surface area (Å²) >= 11 is 2.30. The van der Waals surface area contributed by atoms with Crippen LogP contribution in [0, 0.1) is 3.57 Å². The Morgan fingerprint density at radius 3 is 2.54 bits per heavy atom. The van der Waals surface area contributed by atoms with Crippen LogP contribution < -0.4 is 0 Å². The van der Waals surface area contributed by atoms with Crippen LogP contribution in [0.2, 0.25) is 0 Å². The van der Waals surface area contributed by atoms with Crippen molar-refractivity contribution in [1.82, 2.24) is 0 Å². The summed E-state index contributed by atoms with van der Waals surface area (Å²) in [5, 5.41) is 0. The van der Waals surface area contributed by atoms with E-state index in [1.165, 1.54) is 9.13 Å². The molecule has 0 amide bonds. The molecule has 0 saturated heterocycles. The van der Waals surface area contributed by atoms with Crippen LogP contribution in [0.5, 0.6) is 0 Å². The number of ether oxygens (including phenoxy) is 2. The molecule has 0 fully saturated rings. The summed E-state index contributed by atoms with van der Waals surface area (Å²) in [5.41, 5.74) is 1.19. The molecular weight excluding hydrogens is 279 g/mol. The molecule has 0 unspecified atom stereocenters. The average molecular weight is 292 g/mol. The van der Waals surface area contributed by atoms with E-state index in [1.807, 2.05) is 12.1 Å². The maximum Gasteiger partial charge on any atom is 0.106 e. The maximum atomic E-state index is 5.33. The minimum atomic E-state index is 0.0399. The highest BCUT2D eigenvalue weighted by Gasteiger charge is 2.12. The van der Waals surface area contributed by atoms with E-state index in [4.69, 9.17) is 9.47 Å². The van der Waals surface area contributed by atoms with Crippen LogP contribution >= 0.6 is 22.6 Å². The van der Waals surface area contributed by atoms with Crippen LogP contribution in [-0.2, 0) is 9.47 Å². The molecule has 3 heteroatoms. The van der Waals surface area contributed by atoms with Crippen LogP contribution in [0.15, 0.2) is 24.3 Å². The summed E-state index contributed by atoms with van der Waals surface area (Å²) in [6.45, 7) is 0.594. The first kappa shape index (κ1) is 10.9. The Balaban J connectivity index is 2.84. The molecule has 13 heavy (non-hydrogen) atoms. The van der Waals surface area contributed by atoms with E-state index in [2.05, 4.69) is 34.7 Å². The van der Waals surface area contributed by atoms with Crippen molar-refractivity contribution in [2.45, 2.75) is 6.10 Å². The molecule has 0 radical (unpaired) electrons. The van der Waals surface area contributed by atoms with Gasteiger partial charge >= 0.3 is 0 Å². The fraction of sp³-hybridized carbons (Fsp3) is 0.400. The highest BCUT2D eigenvalue weighted by Crippen LogP contribution is 2.22. The Labute approximate surface area is 92.4 Å². The van der Waals surface area contributed by atoms with Gasteiger partial charge in [-0.25, -0.2) is 0 Å². The third kappa shape index (κ3) is 2.93. The Hall–Kier alpha value is -0.130. The van der Waals surface area contributed by atoms with Crippen molar-refractivity contribution in [3.63, 3.8) is 0 Å². The smallest absolute Gasteiger partial charge is 0.106 e. The summed E-state index contributed by atoms with van der Waals surface area (Å²) in [6.07, 6.45) is 0.0399. The van der Waals surface area contributed by atoms with Gasteiger partial charge in [-0.1, -0.05) is 18.2 Å². The van der Waals surface area contributed by atoms with Crippen LogP contribution in [0.1, 0.15) is 11.7 Å². The second-order valence-electron chi connectivity index (χ2n) is 2.70. The lowest BCUT2D eigenvalue weighted by Crippen LogP contribution is -2.09. The van der Waals surface area contributed by atoms with Crippen molar-refractivity contribution in [2.75, 3.05) is 20.8 Å². The van der Waals surface area contributed by atoms with Crippen LogP contribution in [0.3, 0.4) is 0 Å². The molecule has 0 saturated carbocycles. The molecule has 2 nitrogen and oxygen atoms in total. The summed E-state index contributed by atoms with van der Waals surface area (Å²) in [5.74, 6) is 0. The Morgan fingerprint density at radius 2 is 2.00 bits per heavy atom. The third-order valence-electron chi connectivity index (χ3n) is 1.85. The van der Waals surface area contributed by atoms with Crippen molar-refractivity contribution in [1.29, 1.82) is 0 Å². The molecule has 0 aliphatic rings. The van der Waals surface area contributed by atoms with Crippen molar-refractivity contribution in [3.8, 4) is 0 Å². The molecule has 72 valence electrons. The van der Waals surface area contributed by atoms with E-state index in [1.54, 1.807) is 14.2 Å². The first-order valence-electron chi connectivity index (χ1n) is 4.05. The van der Waals surface area contributed by atoms with Crippen LogP contribution in [-0.4, -0.2) is 20.8 Å². The zero-order valence-corrected chi connectivity index (χ0v) is 9.95. The van der Waals surface area contributed by atoms with E-state index < -0.39 is 0 Å². The number of methoxy groups -OCH3 is 2. The van der Waals surface area contributed by atoms with Gasteiger partial charge in [0.2, 0.25) is 0 Å². The topological polar surface area (TPSA) is 18.5 Å². The highest BCUT2D eigenvalue weighted by atomic mass is 127. The molecule has 0 N–H and O–H groups in total. The van der Waals surface area contributed by atoms with Crippen molar-refractivity contribution in [2.24, 2.45) is 0 Å². The van der Waals surface area contributed by atoms with E-state index in [-0.39, 0.29) is 6.10 Å². The number of halogens is 1. The average Bonchev–Trinajstić information content (AvgIpc) is 2.16. The molecule has 0 aliphatic heterocycles. The fourth-order valence-electron chi connectivity index (χ4n) is 1.17. The van der Waals surface area contributed by atoms with Gasteiger partial charge in [-0.15, -0.1) is 0 Å². The third-order valence-corrected chi connectivity index (χ3v) is 2.84. The molecule has 0 aromatic heterocycles. The molecule has 0 heterocycles. The van der Waals surface area contributed by atoms with Crippen LogP contribution in [0.25, 0.3) is 0 Å². The predicted molar refractivity (Wildman–Crippen MR) is 60.8 cm³/mol. The van der Waals surface area contributed by atoms with Crippen molar-refractivity contribution in [3.05, 3.63) is 33.4 Å². The standard InChI is InChI=1S/C10H13IO2/c1-12-7-10(13-2)8-5-3-4-6-9(8)11/h3-6,10H,7H2,1-2H3/t10-/m0/s1. The lowest BCUT2D eigenvalue weighted by molar-refractivity contribution is 0.0270. The van der Waals surface area contributed by atoms with E-state index in [0.29, 0.717) is 6.61 Å². The van der Waals surface area contributed by atoms with E-state index in [9.17, 15) is 0 Å². The Morgan fingerprint density at radius 1 is 1.31 bits per heavy atom. The zero-order valence-electron chi connectivity index (χ0n) is 7.79. The predicted octanol–water partition coefficient (Wildman–Crippen LogP) is 2.63. The summed E-state index contributed by atoms with van der Waals surface area (Å²) in [7, 11) is 3.38. The molecule has 1 rings (SSSR count). The summed E-state index contributed by atoms with van der Waals surface area (Å²) in [6, 6.07) is 8.16. The second-order valence-corrected chi connectivity index (χ2v) is 3.86. The van der Waals surface area contributed by atoms with Gasteiger partial charge in [-0.3, -0.25) is 0 Å². The molecule has 0 spiro atoms. The van der Waals surface area contributed by atoms with Gasteiger partial charge in [0.1, 0.15) is 6.10 Å². The number of hydrogen-bond donors (Lipinski definition) is 0.